The highest BCUT2D eigenvalue weighted by molar-refractivity contribution is 6.01. The van der Waals surface area contributed by atoms with Crippen molar-refractivity contribution >= 4 is 28.3 Å². The van der Waals surface area contributed by atoms with Crippen LogP contribution in [-0.2, 0) is 11.3 Å². The predicted octanol–water partition coefficient (Wildman–Crippen LogP) is 5.97. The first-order valence-corrected chi connectivity index (χ1v) is 12.8. The zero-order valence-corrected chi connectivity index (χ0v) is 21.1. The van der Waals surface area contributed by atoms with Crippen LogP contribution in [0.25, 0.3) is 10.9 Å². The van der Waals surface area contributed by atoms with Crippen LogP contribution in [0.3, 0.4) is 0 Å². The second-order valence-corrected chi connectivity index (χ2v) is 9.30. The second-order valence-electron chi connectivity index (χ2n) is 9.30. The number of fused-ring (bicyclic) bond motifs is 1. The molecule has 2 amide bonds. The molecule has 0 aliphatic carbocycles. The fraction of sp³-hybridized carbons (Fsp3) is 0.310. The normalized spacial score (nSPS) is 15.6. The van der Waals surface area contributed by atoms with E-state index in [1.165, 1.54) is 12.8 Å². The molecule has 192 valence electrons. The van der Waals surface area contributed by atoms with Gasteiger partial charge in [-0.2, -0.15) is 5.10 Å². The van der Waals surface area contributed by atoms with Gasteiger partial charge in [-0.25, -0.2) is 4.79 Å². The molecule has 1 aliphatic heterocycles. The molecular weight excluding hydrogens is 466 g/mol. The van der Waals surface area contributed by atoms with Crippen LogP contribution >= 0.6 is 0 Å². The number of urea groups is 1. The van der Waals surface area contributed by atoms with Crippen LogP contribution in [0.4, 0.5) is 16.2 Å². The summed E-state index contributed by atoms with van der Waals surface area (Å²) in [4.78, 5) is 15.1. The van der Waals surface area contributed by atoms with Gasteiger partial charge in [-0.05, 0) is 80.4 Å². The van der Waals surface area contributed by atoms with Gasteiger partial charge in [0.15, 0.2) is 0 Å². The minimum absolute atomic E-state index is 0.306. The van der Waals surface area contributed by atoms with Crippen LogP contribution in [0.2, 0.25) is 0 Å². The number of carbonyl (C=O) groups excluding carboxylic acids is 1. The van der Waals surface area contributed by atoms with Crippen molar-refractivity contribution in [2.45, 2.75) is 31.8 Å². The van der Waals surface area contributed by atoms with Crippen LogP contribution in [-0.4, -0.2) is 53.6 Å². The zero-order valence-electron chi connectivity index (χ0n) is 21.1. The molecule has 0 radical (unpaired) electrons. The van der Waals surface area contributed by atoms with Gasteiger partial charge in [0.05, 0.1) is 18.3 Å². The Hall–Kier alpha value is -3.88. The van der Waals surface area contributed by atoms with Crippen molar-refractivity contribution in [1.29, 1.82) is 0 Å². The predicted molar refractivity (Wildman–Crippen MR) is 146 cm³/mol. The number of aromatic nitrogens is 2. The fourth-order valence-electron chi connectivity index (χ4n) is 4.86. The third kappa shape index (κ3) is 6.47. The zero-order chi connectivity index (χ0) is 25.5. The molecule has 1 aliphatic rings. The quantitative estimate of drug-likeness (QED) is 0.281. The van der Waals surface area contributed by atoms with Crippen molar-refractivity contribution in [3.8, 4) is 11.5 Å². The molecule has 1 saturated heterocycles. The molecule has 8 nitrogen and oxygen atoms in total. The minimum Gasteiger partial charge on any atom is -0.457 e. The molecule has 37 heavy (non-hydrogen) atoms. The monoisotopic (exact) mass is 499 g/mol. The molecule has 2 heterocycles. The first-order chi connectivity index (χ1) is 18.2. The summed E-state index contributed by atoms with van der Waals surface area (Å²) in [5.74, 6) is 1.47. The number of hydrogen-bond acceptors (Lipinski definition) is 5. The number of rotatable bonds is 10. The Morgan fingerprint density at radius 3 is 2.54 bits per heavy atom. The lowest BCUT2D eigenvalue weighted by Gasteiger charge is -2.23. The van der Waals surface area contributed by atoms with Gasteiger partial charge in [-0.3, -0.25) is 9.58 Å². The van der Waals surface area contributed by atoms with E-state index in [1.807, 2.05) is 83.7 Å². The molecule has 2 N–H and O–H groups in total. The molecular formula is C29H33N5O3. The van der Waals surface area contributed by atoms with Gasteiger partial charge in [0.1, 0.15) is 11.5 Å². The average Bonchev–Trinajstić information content (AvgIpc) is 3.52. The highest BCUT2D eigenvalue weighted by atomic mass is 16.5. The summed E-state index contributed by atoms with van der Waals surface area (Å²) in [5.41, 5.74) is 2.46. The summed E-state index contributed by atoms with van der Waals surface area (Å²) in [5, 5.41) is 11.3. The number of para-hydroxylation sites is 1. The van der Waals surface area contributed by atoms with E-state index in [9.17, 15) is 4.79 Å². The Labute approximate surface area is 217 Å². The van der Waals surface area contributed by atoms with Crippen molar-refractivity contribution in [2.75, 3.05) is 37.4 Å². The molecule has 4 aromatic rings. The summed E-state index contributed by atoms with van der Waals surface area (Å²) in [6.07, 6.45) is 5.36. The number of nitrogens with one attached hydrogen (secondary N) is 2. The lowest BCUT2D eigenvalue weighted by Crippen LogP contribution is -2.34. The first-order valence-electron chi connectivity index (χ1n) is 12.8. The fourth-order valence-corrected chi connectivity index (χ4v) is 4.86. The smallest absolute Gasteiger partial charge is 0.323 e. The van der Waals surface area contributed by atoms with Crippen molar-refractivity contribution in [3.05, 3.63) is 79.0 Å². The van der Waals surface area contributed by atoms with E-state index >= 15 is 0 Å². The number of benzene rings is 3. The van der Waals surface area contributed by atoms with E-state index in [4.69, 9.17) is 9.47 Å². The number of hydrogen-bond donors (Lipinski definition) is 2. The largest absolute Gasteiger partial charge is 0.457 e. The Kier molecular flexibility index (Phi) is 7.98. The van der Waals surface area contributed by atoms with Gasteiger partial charge in [0.2, 0.25) is 0 Å². The number of amides is 2. The first kappa shape index (κ1) is 24.8. The van der Waals surface area contributed by atoms with Gasteiger partial charge in [-0.15, -0.1) is 0 Å². The molecule has 0 saturated carbocycles. The Morgan fingerprint density at radius 2 is 1.73 bits per heavy atom. The highest BCUT2D eigenvalue weighted by Crippen LogP contribution is 2.24. The number of methoxy groups -OCH3 is 1. The molecule has 0 bridgehead atoms. The highest BCUT2D eigenvalue weighted by Gasteiger charge is 2.23. The number of nitrogens with zero attached hydrogens (tertiary/aromatic N) is 3. The number of likely N-dealkylation sites (tertiary alicyclic amines) is 1. The maximum atomic E-state index is 12.6. The van der Waals surface area contributed by atoms with Crippen LogP contribution < -0.4 is 15.4 Å². The van der Waals surface area contributed by atoms with Gasteiger partial charge in [0, 0.05) is 43.0 Å². The van der Waals surface area contributed by atoms with Gasteiger partial charge in [0.25, 0.3) is 0 Å². The third-order valence-electron chi connectivity index (χ3n) is 6.66. The summed E-state index contributed by atoms with van der Waals surface area (Å²) in [7, 11) is 1.78. The summed E-state index contributed by atoms with van der Waals surface area (Å²) in [6.45, 7) is 3.87. The van der Waals surface area contributed by atoms with Crippen molar-refractivity contribution in [3.63, 3.8) is 0 Å². The topological polar surface area (TPSA) is 80.7 Å². The lowest BCUT2D eigenvalue weighted by atomic mass is 10.2. The summed E-state index contributed by atoms with van der Waals surface area (Å²) in [6, 6.07) is 23.0. The third-order valence-corrected chi connectivity index (χ3v) is 6.66. The Morgan fingerprint density at radius 1 is 0.973 bits per heavy atom. The minimum atomic E-state index is -0.306. The molecule has 3 aromatic carbocycles. The number of ether oxygens (including phenoxy) is 2. The van der Waals surface area contributed by atoms with Crippen LogP contribution in [0, 0.1) is 0 Å². The molecule has 1 aromatic heterocycles. The standard InChI is InChI=1S/C29H33N5O3/c1-36-21-25-7-5-16-33(25)17-6-18-34-28-15-12-24(19-22(28)20-30-34)32-29(35)31-23-10-13-27(14-11-23)37-26-8-3-2-4-9-26/h2-4,8-15,19-20,25H,5-7,16-18,21H2,1H3,(H2,31,32,35)/t25-/m0/s1. The van der Waals surface area contributed by atoms with Crippen LogP contribution in [0.5, 0.6) is 11.5 Å². The number of anilines is 2. The average molecular weight is 500 g/mol. The molecule has 0 unspecified atom stereocenters. The van der Waals surface area contributed by atoms with Crippen LogP contribution in [0.15, 0.2) is 79.0 Å². The van der Waals surface area contributed by atoms with Gasteiger partial charge >= 0.3 is 6.03 Å². The van der Waals surface area contributed by atoms with Crippen molar-refractivity contribution in [1.82, 2.24) is 14.7 Å². The number of aryl methyl sites for hydroxylation is 1. The van der Waals surface area contributed by atoms with E-state index in [-0.39, 0.29) is 6.03 Å². The molecule has 0 spiro atoms. The van der Waals surface area contributed by atoms with Crippen LogP contribution in [0.1, 0.15) is 19.3 Å². The second kappa shape index (κ2) is 11.9. The van der Waals surface area contributed by atoms with Crippen molar-refractivity contribution in [2.24, 2.45) is 0 Å². The molecule has 5 rings (SSSR count). The maximum absolute atomic E-state index is 12.6. The molecule has 8 heteroatoms. The Bertz CT molecular complexity index is 1310. The van der Waals surface area contributed by atoms with E-state index in [0.29, 0.717) is 23.2 Å². The van der Waals surface area contributed by atoms with Gasteiger partial charge in [-0.1, -0.05) is 18.2 Å². The van der Waals surface area contributed by atoms with E-state index < -0.39 is 0 Å². The van der Waals surface area contributed by atoms with Crippen molar-refractivity contribution < 1.29 is 14.3 Å². The van der Waals surface area contributed by atoms with Gasteiger partial charge < -0.3 is 20.1 Å². The summed E-state index contributed by atoms with van der Waals surface area (Å²) >= 11 is 0. The summed E-state index contributed by atoms with van der Waals surface area (Å²) < 4.78 is 13.2. The molecule has 1 atom stereocenters. The maximum Gasteiger partial charge on any atom is 0.323 e. The van der Waals surface area contributed by atoms with E-state index in [2.05, 4.69) is 20.6 Å². The molecule has 1 fully saturated rings. The Balaban J connectivity index is 1.12. The van der Waals surface area contributed by atoms with E-state index in [1.54, 1.807) is 7.11 Å². The SMILES string of the molecule is COC[C@@H]1CCCN1CCCn1ncc2cc(NC(=O)Nc3ccc(Oc4ccccc4)cc3)ccc21. The number of carbonyl (C=O) groups is 1. The van der Waals surface area contributed by atoms with E-state index in [0.717, 1.165) is 49.3 Å². The lowest BCUT2D eigenvalue weighted by molar-refractivity contribution is 0.114.